The molecule has 0 saturated heterocycles. The first-order valence-corrected chi connectivity index (χ1v) is 4.09. The number of amides is 2. The Morgan fingerprint density at radius 3 is 2.73 bits per heavy atom. The molecule has 1 aliphatic rings. The lowest BCUT2D eigenvalue weighted by Gasteiger charge is -2.05. The van der Waals surface area contributed by atoms with Crippen LogP contribution in [0.5, 0.6) is 11.5 Å². The number of carbonyl (C=O) groups excluding carboxylic acids is 2. The topological polar surface area (TPSA) is 87.7 Å². The number of ether oxygens (including phenoxy) is 2. The predicted molar refractivity (Wildman–Crippen MR) is 45.4 cm³/mol. The van der Waals surface area contributed by atoms with Crippen molar-refractivity contribution in [2.24, 2.45) is 0 Å². The number of benzene rings is 1. The molecule has 2 amide bonds. The number of fused-ring (bicyclic) bond motifs is 1. The highest BCUT2D eigenvalue weighted by molar-refractivity contribution is 6.02. The monoisotopic (exact) mass is 208 g/mol. The fourth-order valence-electron chi connectivity index (χ4n) is 1.20. The molecule has 0 radical (unpaired) electrons. The maximum absolute atomic E-state index is 11.2. The van der Waals surface area contributed by atoms with Crippen molar-refractivity contribution < 1.29 is 24.2 Å². The fraction of sp³-hybridized carbons (Fsp3) is 0.111. The molecular formula is C9H6NO5-. The second-order valence-corrected chi connectivity index (χ2v) is 2.81. The lowest BCUT2D eigenvalue weighted by atomic mass is 10.2. The smallest absolute Gasteiger partial charge is 0.256 e. The minimum absolute atomic E-state index is 0.0981. The van der Waals surface area contributed by atoms with Gasteiger partial charge < -0.3 is 24.7 Å². The Morgan fingerprint density at radius 1 is 1.27 bits per heavy atom. The summed E-state index contributed by atoms with van der Waals surface area (Å²) in [4.78, 5) is 21.3. The van der Waals surface area contributed by atoms with Gasteiger partial charge in [-0.2, -0.15) is 0 Å². The summed E-state index contributed by atoms with van der Waals surface area (Å²) in [7, 11) is 0. The molecule has 0 fully saturated rings. The molecule has 0 spiro atoms. The number of hydrogen-bond donors (Lipinski definition) is 1. The molecule has 1 heterocycles. The van der Waals surface area contributed by atoms with Gasteiger partial charge in [-0.25, -0.2) is 0 Å². The van der Waals surface area contributed by atoms with Crippen molar-refractivity contribution in [3.05, 3.63) is 23.8 Å². The summed E-state index contributed by atoms with van der Waals surface area (Å²) in [5.74, 6) is 0.189. The van der Waals surface area contributed by atoms with Crippen LogP contribution in [-0.4, -0.2) is 18.8 Å². The highest BCUT2D eigenvalue weighted by Crippen LogP contribution is 2.32. The highest BCUT2D eigenvalue weighted by Gasteiger charge is 2.15. The third-order valence-electron chi connectivity index (χ3n) is 1.85. The molecule has 0 saturated carbocycles. The molecule has 1 aliphatic heterocycles. The van der Waals surface area contributed by atoms with E-state index in [1.807, 2.05) is 0 Å². The van der Waals surface area contributed by atoms with Gasteiger partial charge in [0.25, 0.3) is 5.91 Å². The summed E-state index contributed by atoms with van der Waals surface area (Å²) in [6.45, 7) is 0.0981. The maximum Gasteiger partial charge on any atom is 0.256 e. The summed E-state index contributed by atoms with van der Waals surface area (Å²) < 4.78 is 10.1. The largest absolute Gasteiger partial charge is 0.530 e. The van der Waals surface area contributed by atoms with Crippen molar-refractivity contribution in [3.8, 4) is 11.5 Å². The summed E-state index contributed by atoms with van der Waals surface area (Å²) in [6.07, 6.45) is -1.64. The quantitative estimate of drug-likeness (QED) is 0.671. The Balaban J connectivity index is 2.23. The molecule has 0 aromatic heterocycles. The van der Waals surface area contributed by atoms with Gasteiger partial charge in [0, 0.05) is 5.56 Å². The Kier molecular flexibility index (Phi) is 2.17. The zero-order valence-electron chi connectivity index (χ0n) is 7.48. The van der Waals surface area contributed by atoms with E-state index < -0.39 is 12.0 Å². The third-order valence-corrected chi connectivity index (χ3v) is 1.85. The number of carbonyl (C=O) groups is 2. The van der Waals surface area contributed by atoms with Gasteiger partial charge in [-0.15, -0.1) is 0 Å². The van der Waals surface area contributed by atoms with Crippen LogP contribution >= 0.6 is 0 Å². The number of imide groups is 1. The predicted octanol–water partition coefficient (Wildman–Crippen LogP) is -0.512. The number of hydrogen-bond acceptors (Lipinski definition) is 5. The van der Waals surface area contributed by atoms with E-state index in [4.69, 9.17) is 9.47 Å². The van der Waals surface area contributed by atoms with Crippen LogP contribution < -0.4 is 19.9 Å². The second kappa shape index (κ2) is 3.49. The molecule has 0 bridgehead atoms. The van der Waals surface area contributed by atoms with Crippen molar-refractivity contribution in [2.75, 3.05) is 6.79 Å². The van der Waals surface area contributed by atoms with Gasteiger partial charge in [0.1, 0.15) is 6.09 Å². The van der Waals surface area contributed by atoms with Gasteiger partial charge >= 0.3 is 0 Å². The van der Waals surface area contributed by atoms with Gasteiger partial charge in [0.2, 0.25) is 6.79 Å². The van der Waals surface area contributed by atoms with Crippen LogP contribution in [-0.2, 0) is 0 Å². The third kappa shape index (κ3) is 1.83. The summed E-state index contributed by atoms with van der Waals surface area (Å²) >= 11 is 0. The summed E-state index contributed by atoms with van der Waals surface area (Å²) in [5.41, 5.74) is 0.170. The van der Waals surface area contributed by atoms with Crippen molar-refractivity contribution in [3.63, 3.8) is 0 Å². The van der Waals surface area contributed by atoms with E-state index >= 15 is 0 Å². The molecule has 0 atom stereocenters. The number of carboxylic acid groups (broad SMARTS) is 1. The van der Waals surface area contributed by atoms with Crippen LogP contribution in [0.15, 0.2) is 18.2 Å². The second-order valence-electron chi connectivity index (χ2n) is 2.81. The first kappa shape index (κ1) is 9.32. The Morgan fingerprint density at radius 2 is 2.00 bits per heavy atom. The molecule has 0 aliphatic carbocycles. The first-order valence-electron chi connectivity index (χ1n) is 4.09. The van der Waals surface area contributed by atoms with Gasteiger partial charge in [-0.05, 0) is 18.2 Å². The van der Waals surface area contributed by atoms with Crippen LogP contribution in [0.25, 0.3) is 0 Å². The van der Waals surface area contributed by atoms with Crippen LogP contribution in [0.1, 0.15) is 10.4 Å². The molecule has 2 rings (SSSR count). The van der Waals surface area contributed by atoms with E-state index in [1.54, 1.807) is 5.32 Å². The van der Waals surface area contributed by atoms with E-state index in [1.165, 1.54) is 18.2 Å². The van der Waals surface area contributed by atoms with Crippen LogP contribution in [0.4, 0.5) is 4.79 Å². The van der Waals surface area contributed by atoms with Crippen molar-refractivity contribution >= 4 is 12.0 Å². The summed E-state index contributed by atoms with van der Waals surface area (Å²) in [5, 5.41) is 11.7. The van der Waals surface area contributed by atoms with E-state index in [2.05, 4.69) is 0 Å². The number of nitrogens with one attached hydrogen (secondary N) is 1. The van der Waals surface area contributed by atoms with E-state index in [0.29, 0.717) is 11.5 Å². The molecule has 1 N–H and O–H groups in total. The van der Waals surface area contributed by atoms with Gasteiger partial charge in [-0.3, -0.25) is 4.79 Å². The molecule has 6 nitrogen and oxygen atoms in total. The summed E-state index contributed by atoms with van der Waals surface area (Å²) in [6, 6.07) is 4.37. The van der Waals surface area contributed by atoms with Crippen molar-refractivity contribution in [1.29, 1.82) is 0 Å². The van der Waals surface area contributed by atoms with Crippen LogP contribution in [0, 0.1) is 0 Å². The molecule has 15 heavy (non-hydrogen) atoms. The van der Waals surface area contributed by atoms with Crippen LogP contribution in [0.2, 0.25) is 0 Å². The van der Waals surface area contributed by atoms with E-state index in [0.717, 1.165) is 0 Å². The Bertz CT molecular complexity index is 429. The fourth-order valence-corrected chi connectivity index (χ4v) is 1.20. The van der Waals surface area contributed by atoms with E-state index in [9.17, 15) is 14.7 Å². The Hall–Kier alpha value is -2.24. The zero-order chi connectivity index (χ0) is 10.8. The highest BCUT2D eigenvalue weighted by atomic mass is 16.7. The lowest BCUT2D eigenvalue weighted by molar-refractivity contribution is -0.249. The van der Waals surface area contributed by atoms with Gasteiger partial charge in [0.05, 0.1) is 0 Å². The Labute approximate surface area is 84.4 Å². The normalized spacial score (nSPS) is 12.3. The minimum Gasteiger partial charge on any atom is -0.530 e. The molecule has 78 valence electrons. The molecule has 0 unspecified atom stereocenters. The maximum atomic E-state index is 11.2. The molecule has 6 heteroatoms. The van der Waals surface area contributed by atoms with Crippen LogP contribution in [0.3, 0.4) is 0 Å². The molecule has 1 aromatic carbocycles. The zero-order valence-corrected chi connectivity index (χ0v) is 7.48. The van der Waals surface area contributed by atoms with E-state index in [-0.39, 0.29) is 12.4 Å². The van der Waals surface area contributed by atoms with Gasteiger partial charge in [0.15, 0.2) is 11.5 Å². The van der Waals surface area contributed by atoms with Gasteiger partial charge in [-0.1, -0.05) is 0 Å². The SMILES string of the molecule is O=C([O-])NC(=O)c1ccc2c(c1)OCO2. The number of rotatable bonds is 1. The average molecular weight is 208 g/mol. The molecule has 1 aromatic rings. The van der Waals surface area contributed by atoms with Crippen molar-refractivity contribution in [2.45, 2.75) is 0 Å². The molecular weight excluding hydrogens is 202 g/mol. The minimum atomic E-state index is -1.64. The van der Waals surface area contributed by atoms with Crippen molar-refractivity contribution in [1.82, 2.24) is 5.32 Å². The first-order chi connectivity index (χ1) is 7.16. The average Bonchev–Trinajstić information content (AvgIpc) is 2.62. The standard InChI is InChI=1S/C9H7NO5/c11-8(10-9(12)13)5-1-2-6-7(3-5)15-4-14-6/h1-3H,4H2,(H,10,11)(H,12,13)/p-1. The lowest BCUT2D eigenvalue weighted by Crippen LogP contribution is -2.40.